The van der Waals surface area contributed by atoms with Crippen molar-refractivity contribution in [2.45, 2.75) is 12.3 Å². The van der Waals surface area contributed by atoms with Gasteiger partial charge < -0.3 is 0 Å². The third-order valence-electron chi connectivity index (χ3n) is 7.80. The Kier molecular flexibility index (Phi) is 5.45. The SMILES string of the molecule is C1=CC[C@H](c2cnc(-c3ccccc3)c(N3c4ccccc4-c4ccccc4-c4c3sc3ccccc43)n2)C=C1. The van der Waals surface area contributed by atoms with Crippen molar-refractivity contribution in [3.05, 3.63) is 139 Å². The summed E-state index contributed by atoms with van der Waals surface area (Å²) in [6, 6.07) is 36.7. The molecule has 0 bridgehead atoms. The maximum Gasteiger partial charge on any atom is 0.165 e. The zero-order valence-corrected chi connectivity index (χ0v) is 22.6. The summed E-state index contributed by atoms with van der Waals surface area (Å²) in [5.41, 5.74) is 8.95. The fourth-order valence-electron chi connectivity index (χ4n) is 5.93. The summed E-state index contributed by atoms with van der Waals surface area (Å²) in [7, 11) is 0. The summed E-state index contributed by atoms with van der Waals surface area (Å²) in [5.74, 6) is 1.06. The number of anilines is 3. The van der Waals surface area contributed by atoms with Crippen molar-refractivity contribution in [2.24, 2.45) is 0 Å². The van der Waals surface area contributed by atoms with Gasteiger partial charge in [0.15, 0.2) is 5.82 Å². The highest BCUT2D eigenvalue weighted by molar-refractivity contribution is 7.23. The van der Waals surface area contributed by atoms with Crippen molar-refractivity contribution in [3.8, 4) is 33.5 Å². The van der Waals surface area contributed by atoms with Crippen LogP contribution in [-0.4, -0.2) is 9.97 Å². The van der Waals surface area contributed by atoms with E-state index in [1.165, 1.54) is 37.3 Å². The van der Waals surface area contributed by atoms with Crippen LogP contribution >= 0.6 is 11.3 Å². The minimum absolute atomic E-state index is 0.197. The highest BCUT2D eigenvalue weighted by Crippen LogP contribution is 2.56. The van der Waals surface area contributed by atoms with Gasteiger partial charge in [-0.25, -0.2) is 4.98 Å². The van der Waals surface area contributed by atoms with Gasteiger partial charge in [-0.2, -0.15) is 0 Å². The summed E-state index contributed by atoms with van der Waals surface area (Å²) < 4.78 is 1.26. The highest BCUT2D eigenvalue weighted by Gasteiger charge is 2.32. The molecule has 2 aromatic heterocycles. The lowest BCUT2D eigenvalue weighted by Gasteiger charge is -2.27. The number of nitrogens with zero attached hydrogens (tertiary/aromatic N) is 3. The number of fused-ring (bicyclic) bond motifs is 7. The zero-order valence-electron chi connectivity index (χ0n) is 21.7. The summed E-state index contributed by atoms with van der Waals surface area (Å²) >= 11 is 1.82. The predicted molar refractivity (Wildman–Crippen MR) is 168 cm³/mol. The normalized spacial score (nSPS) is 15.4. The Bertz CT molecular complexity index is 1950. The Morgan fingerprint density at radius 1 is 0.725 bits per heavy atom. The van der Waals surface area contributed by atoms with E-state index >= 15 is 0 Å². The summed E-state index contributed by atoms with van der Waals surface area (Å²) in [5, 5.41) is 2.43. The Labute approximate surface area is 237 Å². The van der Waals surface area contributed by atoms with Crippen molar-refractivity contribution >= 4 is 37.9 Å². The van der Waals surface area contributed by atoms with Crippen LogP contribution in [0.5, 0.6) is 0 Å². The van der Waals surface area contributed by atoms with Crippen molar-refractivity contribution in [3.63, 3.8) is 0 Å². The largest absolute Gasteiger partial charge is 0.283 e. The van der Waals surface area contributed by atoms with E-state index in [1.54, 1.807) is 0 Å². The van der Waals surface area contributed by atoms with Crippen molar-refractivity contribution in [1.29, 1.82) is 0 Å². The van der Waals surface area contributed by atoms with Crippen molar-refractivity contribution in [1.82, 2.24) is 9.97 Å². The van der Waals surface area contributed by atoms with E-state index in [0.717, 1.165) is 34.9 Å². The molecule has 0 N–H and O–H groups in total. The first-order valence-electron chi connectivity index (χ1n) is 13.6. The first kappa shape index (κ1) is 23.1. The molecule has 2 aliphatic rings. The topological polar surface area (TPSA) is 29.0 Å². The number of aromatic nitrogens is 2. The molecule has 3 heterocycles. The number of thiophene rings is 1. The molecule has 1 atom stereocenters. The lowest BCUT2D eigenvalue weighted by atomic mass is 9.94. The molecule has 1 aliphatic carbocycles. The van der Waals surface area contributed by atoms with Gasteiger partial charge in [-0.1, -0.05) is 115 Å². The first-order chi connectivity index (χ1) is 19.9. The van der Waals surface area contributed by atoms with E-state index in [-0.39, 0.29) is 5.92 Å². The lowest BCUT2D eigenvalue weighted by molar-refractivity contribution is 0.806. The van der Waals surface area contributed by atoms with Gasteiger partial charge in [0.25, 0.3) is 0 Å². The van der Waals surface area contributed by atoms with Crippen LogP contribution in [0.25, 0.3) is 43.6 Å². The Morgan fingerprint density at radius 3 is 2.33 bits per heavy atom. The summed E-state index contributed by atoms with van der Waals surface area (Å²) in [4.78, 5) is 12.9. The van der Waals surface area contributed by atoms with E-state index in [4.69, 9.17) is 9.97 Å². The number of rotatable bonds is 3. The molecule has 6 aromatic rings. The molecular formula is C36H25N3S. The van der Waals surface area contributed by atoms with Crippen LogP contribution in [-0.2, 0) is 0 Å². The van der Waals surface area contributed by atoms with Gasteiger partial charge in [0.2, 0.25) is 0 Å². The molecule has 3 nitrogen and oxygen atoms in total. The molecule has 8 rings (SSSR count). The maximum atomic E-state index is 5.45. The minimum atomic E-state index is 0.197. The second-order valence-corrected chi connectivity index (χ2v) is 11.2. The van der Waals surface area contributed by atoms with Crippen LogP contribution in [0.15, 0.2) is 134 Å². The van der Waals surface area contributed by atoms with Crippen LogP contribution in [0.4, 0.5) is 16.5 Å². The second kappa shape index (κ2) is 9.44. The Morgan fingerprint density at radius 2 is 1.48 bits per heavy atom. The van der Waals surface area contributed by atoms with Crippen LogP contribution < -0.4 is 4.90 Å². The standard InChI is InChI=1S/C36H25N3S/c1-3-13-24(14-4-1)30-23-37-34(25-15-5-2-6-16-25)35(38-30)39-31-21-11-9-18-27(31)26-17-7-8-19-28(26)33-29-20-10-12-22-32(29)40-36(33)39/h1-13,15-24H,14H2/t24-/m1/s1. The Hall–Kier alpha value is -4.80. The van der Waals surface area contributed by atoms with E-state index in [0.29, 0.717) is 0 Å². The molecule has 40 heavy (non-hydrogen) atoms. The molecule has 0 saturated heterocycles. The smallest absolute Gasteiger partial charge is 0.165 e. The lowest BCUT2D eigenvalue weighted by Crippen LogP contribution is -2.15. The van der Waals surface area contributed by atoms with Gasteiger partial charge in [-0.3, -0.25) is 9.88 Å². The van der Waals surface area contributed by atoms with Gasteiger partial charge >= 0.3 is 0 Å². The molecule has 190 valence electrons. The number of allylic oxidation sites excluding steroid dienone is 4. The van der Waals surface area contributed by atoms with Gasteiger partial charge in [0, 0.05) is 38.9 Å². The third-order valence-corrected chi connectivity index (χ3v) is 8.96. The first-order valence-corrected chi connectivity index (χ1v) is 14.4. The van der Waals surface area contributed by atoms with Crippen LogP contribution in [0.1, 0.15) is 18.0 Å². The Balaban J connectivity index is 1.48. The quantitative estimate of drug-likeness (QED) is 0.227. The predicted octanol–water partition coefficient (Wildman–Crippen LogP) is 10.1. The number of hydrogen-bond donors (Lipinski definition) is 0. The fraction of sp³-hybridized carbons (Fsp3) is 0.0556. The zero-order chi connectivity index (χ0) is 26.5. The minimum Gasteiger partial charge on any atom is -0.283 e. The number of hydrogen-bond acceptors (Lipinski definition) is 4. The van der Waals surface area contributed by atoms with Gasteiger partial charge in [-0.05, 0) is 29.7 Å². The van der Waals surface area contributed by atoms with Gasteiger partial charge in [-0.15, -0.1) is 11.3 Å². The molecular weight excluding hydrogens is 506 g/mol. The van der Waals surface area contributed by atoms with Crippen molar-refractivity contribution < 1.29 is 0 Å². The highest BCUT2D eigenvalue weighted by atomic mass is 32.1. The van der Waals surface area contributed by atoms with Gasteiger partial charge in [0.05, 0.1) is 11.4 Å². The van der Waals surface area contributed by atoms with E-state index in [2.05, 4.69) is 126 Å². The molecule has 4 heteroatoms. The molecule has 0 saturated carbocycles. The van der Waals surface area contributed by atoms with Crippen molar-refractivity contribution in [2.75, 3.05) is 4.90 Å². The molecule has 0 radical (unpaired) electrons. The van der Waals surface area contributed by atoms with E-state index < -0.39 is 0 Å². The monoisotopic (exact) mass is 531 g/mol. The van der Waals surface area contributed by atoms with Crippen LogP contribution in [0.3, 0.4) is 0 Å². The molecule has 4 aromatic carbocycles. The number of benzene rings is 4. The molecule has 0 fully saturated rings. The third kappa shape index (κ3) is 3.64. The molecule has 1 aliphatic heterocycles. The van der Waals surface area contributed by atoms with Crippen LogP contribution in [0, 0.1) is 0 Å². The maximum absolute atomic E-state index is 5.45. The summed E-state index contributed by atoms with van der Waals surface area (Å²) in [6.07, 6.45) is 11.5. The summed E-state index contributed by atoms with van der Waals surface area (Å²) in [6.45, 7) is 0. The average molecular weight is 532 g/mol. The second-order valence-electron chi connectivity index (χ2n) is 10.2. The van der Waals surface area contributed by atoms with Gasteiger partial charge in [0.1, 0.15) is 10.7 Å². The van der Waals surface area contributed by atoms with E-state index in [1.807, 2.05) is 23.6 Å². The van der Waals surface area contributed by atoms with E-state index in [9.17, 15) is 0 Å². The average Bonchev–Trinajstić information content (AvgIpc) is 3.36. The molecule has 0 spiro atoms. The van der Waals surface area contributed by atoms with Crippen LogP contribution in [0.2, 0.25) is 0 Å². The number of para-hydroxylation sites is 1. The molecule has 0 amide bonds. The molecule has 0 unspecified atom stereocenters. The fourth-order valence-corrected chi connectivity index (χ4v) is 7.16.